The van der Waals surface area contributed by atoms with Gasteiger partial charge in [0.1, 0.15) is 17.2 Å². The molecule has 10 heteroatoms. The Labute approximate surface area is 153 Å². The number of para-hydroxylation sites is 1. The quantitative estimate of drug-likeness (QED) is 0.401. The van der Waals surface area contributed by atoms with Crippen LogP contribution in [0.15, 0.2) is 36.0 Å². The molecule has 1 heterocycles. The predicted molar refractivity (Wildman–Crippen MR) is 92.1 cm³/mol. The van der Waals surface area contributed by atoms with Crippen LogP contribution < -0.4 is 5.48 Å². The van der Waals surface area contributed by atoms with Gasteiger partial charge in [-0.1, -0.05) is 18.2 Å². The number of carboxylic acids is 2. The molecule has 26 heavy (non-hydrogen) atoms. The minimum Gasteiger partial charge on any atom is -0.508 e. The largest absolute Gasteiger partial charge is 0.508 e. The second kappa shape index (κ2) is 8.59. The second-order valence-electron chi connectivity index (χ2n) is 5.39. The third kappa shape index (κ3) is 4.46. The van der Waals surface area contributed by atoms with E-state index in [4.69, 9.17) is 5.11 Å². The Hall–Kier alpha value is -2.72. The standard InChI is InChI=1S/C16H18N2O7S/c1-25-17-9(7-14(21)22)6-13(20)18-11(16(23)24)8-26-15(18)10-4-2-3-5-12(10)19/h2-6,11,15,17,19H,7-8H2,1H3,(H,21,22)(H,23,24)/t11-,15?/m0/s1. The molecule has 0 aromatic heterocycles. The lowest BCUT2D eigenvalue weighted by Gasteiger charge is -2.27. The van der Waals surface area contributed by atoms with Crippen molar-refractivity contribution in [1.29, 1.82) is 0 Å². The fraction of sp³-hybridized carbons (Fsp3) is 0.312. The molecule has 1 aromatic rings. The van der Waals surface area contributed by atoms with E-state index < -0.39 is 35.7 Å². The van der Waals surface area contributed by atoms with Gasteiger partial charge in [0, 0.05) is 17.4 Å². The zero-order chi connectivity index (χ0) is 19.3. The second-order valence-corrected chi connectivity index (χ2v) is 6.50. The molecule has 1 aliphatic heterocycles. The summed E-state index contributed by atoms with van der Waals surface area (Å²) in [7, 11) is 1.26. The summed E-state index contributed by atoms with van der Waals surface area (Å²) >= 11 is 1.20. The summed E-state index contributed by atoms with van der Waals surface area (Å²) in [6, 6.07) is 5.23. The third-order valence-electron chi connectivity index (χ3n) is 3.62. The first kappa shape index (κ1) is 19.6. The Morgan fingerprint density at radius 2 is 2.04 bits per heavy atom. The smallest absolute Gasteiger partial charge is 0.327 e. The molecule has 2 rings (SSSR count). The molecule has 0 saturated carbocycles. The Morgan fingerprint density at radius 1 is 1.35 bits per heavy atom. The average Bonchev–Trinajstić information content (AvgIpc) is 3.00. The van der Waals surface area contributed by atoms with Gasteiger partial charge in [-0.15, -0.1) is 11.8 Å². The fourth-order valence-corrected chi connectivity index (χ4v) is 3.99. The number of rotatable bonds is 7. The third-order valence-corrected chi connectivity index (χ3v) is 4.92. The number of aliphatic carboxylic acids is 2. The number of hydroxylamine groups is 1. The van der Waals surface area contributed by atoms with Gasteiger partial charge in [-0.25, -0.2) is 4.79 Å². The molecule has 1 fully saturated rings. The van der Waals surface area contributed by atoms with E-state index in [9.17, 15) is 24.6 Å². The number of amides is 1. The van der Waals surface area contributed by atoms with E-state index in [0.717, 1.165) is 11.0 Å². The first-order chi connectivity index (χ1) is 12.3. The van der Waals surface area contributed by atoms with Crippen molar-refractivity contribution in [3.63, 3.8) is 0 Å². The number of carbonyl (C=O) groups is 3. The number of carboxylic acid groups (broad SMARTS) is 2. The molecule has 9 nitrogen and oxygen atoms in total. The van der Waals surface area contributed by atoms with Crippen LogP contribution in [0.1, 0.15) is 17.4 Å². The maximum Gasteiger partial charge on any atom is 0.327 e. The van der Waals surface area contributed by atoms with Gasteiger partial charge in [0.2, 0.25) is 5.91 Å². The normalized spacial score (nSPS) is 20.0. The van der Waals surface area contributed by atoms with Crippen LogP contribution in [0.4, 0.5) is 0 Å². The Kier molecular flexibility index (Phi) is 6.47. The number of hydrogen-bond acceptors (Lipinski definition) is 7. The number of carbonyl (C=O) groups excluding carboxylic acids is 1. The van der Waals surface area contributed by atoms with Crippen molar-refractivity contribution in [2.24, 2.45) is 0 Å². The molecule has 1 unspecified atom stereocenters. The van der Waals surface area contributed by atoms with Crippen molar-refractivity contribution in [2.75, 3.05) is 12.9 Å². The first-order valence-electron chi connectivity index (χ1n) is 7.51. The van der Waals surface area contributed by atoms with Gasteiger partial charge in [0.25, 0.3) is 0 Å². The highest BCUT2D eigenvalue weighted by Crippen LogP contribution is 2.44. The van der Waals surface area contributed by atoms with E-state index in [-0.39, 0.29) is 17.2 Å². The summed E-state index contributed by atoms with van der Waals surface area (Å²) < 4.78 is 0. The van der Waals surface area contributed by atoms with Crippen molar-refractivity contribution in [3.05, 3.63) is 41.6 Å². The van der Waals surface area contributed by atoms with Crippen molar-refractivity contribution in [3.8, 4) is 5.75 Å². The van der Waals surface area contributed by atoms with Crippen molar-refractivity contribution < 1.29 is 34.5 Å². The molecule has 1 amide bonds. The van der Waals surface area contributed by atoms with Crippen LogP contribution in [0, 0.1) is 0 Å². The minimum absolute atomic E-state index is 0.0259. The Morgan fingerprint density at radius 3 is 2.62 bits per heavy atom. The summed E-state index contributed by atoms with van der Waals surface area (Å²) in [4.78, 5) is 40.9. The van der Waals surface area contributed by atoms with Gasteiger partial charge in [-0.05, 0) is 6.07 Å². The number of nitrogens with zero attached hydrogens (tertiary/aromatic N) is 1. The van der Waals surface area contributed by atoms with E-state index in [0.29, 0.717) is 5.56 Å². The highest BCUT2D eigenvalue weighted by molar-refractivity contribution is 7.99. The highest BCUT2D eigenvalue weighted by Gasteiger charge is 2.42. The summed E-state index contributed by atoms with van der Waals surface area (Å²) in [5.74, 6) is -2.98. The van der Waals surface area contributed by atoms with E-state index >= 15 is 0 Å². The summed E-state index contributed by atoms with van der Waals surface area (Å²) in [6.45, 7) is 0. The van der Waals surface area contributed by atoms with E-state index in [1.54, 1.807) is 18.2 Å². The SMILES string of the molecule is CONC(=CC(=O)N1C(c2ccccc2O)SC[C@H]1C(=O)O)CC(=O)O. The molecule has 140 valence electrons. The van der Waals surface area contributed by atoms with Gasteiger partial charge < -0.3 is 20.2 Å². The van der Waals surface area contributed by atoms with E-state index in [2.05, 4.69) is 10.3 Å². The van der Waals surface area contributed by atoms with Crippen LogP contribution in [0.2, 0.25) is 0 Å². The van der Waals surface area contributed by atoms with Crippen LogP contribution in [0.25, 0.3) is 0 Å². The van der Waals surface area contributed by atoms with Crippen molar-refractivity contribution in [2.45, 2.75) is 17.8 Å². The van der Waals surface area contributed by atoms with E-state index in [1.807, 2.05) is 0 Å². The molecule has 0 spiro atoms. The van der Waals surface area contributed by atoms with Crippen LogP contribution in [0.5, 0.6) is 5.75 Å². The molecule has 0 bridgehead atoms. The van der Waals surface area contributed by atoms with Crippen LogP contribution in [-0.2, 0) is 19.2 Å². The zero-order valence-electron chi connectivity index (χ0n) is 13.8. The number of aromatic hydroxyl groups is 1. The zero-order valence-corrected chi connectivity index (χ0v) is 14.6. The Bertz CT molecular complexity index is 737. The van der Waals surface area contributed by atoms with Crippen LogP contribution in [0.3, 0.4) is 0 Å². The average molecular weight is 382 g/mol. The monoisotopic (exact) mass is 382 g/mol. The van der Waals surface area contributed by atoms with Gasteiger partial charge in [-0.2, -0.15) is 0 Å². The summed E-state index contributed by atoms with van der Waals surface area (Å²) in [5, 5.41) is 27.7. The molecule has 2 atom stereocenters. The molecule has 1 saturated heterocycles. The molecule has 1 aliphatic rings. The van der Waals surface area contributed by atoms with Gasteiger partial charge >= 0.3 is 11.9 Å². The van der Waals surface area contributed by atoms with Crippen molar-refractivity contribution >= 4 is 29.6 Å². The lowest BCUT2D eigenvalue weighted by Crippen LogP contribution is -2.42. The topological polar surface area (TPSA) is 136 Å². The van der Waals surface area contributed by atoms with Crippen molar-refractivity contribution in [1.82, 2.24) is 10.4 Å². The predicted octanol–water partition coefficient (Wildman–Crippen LogP) is 0.929. The van der Waals surface area contributed by atoms with Gasteiger partial charge in [0.05, 0.1) is 19.2 Å². The number of benzene rings is 1. The molecular formula is C16H18N2O7S. The number of phenolic OH excluding ortho intramolecular Hbond substituents is 1. The lowest BCUT2D eigenvalue weighted by molar-refractivity contribution is -0.147. The summed E-state index contributed by atoms with van der Waals surface area (Å²) in [6.07, 6.45) is 0.492. The number of hydrogen-bond donors (Lipinski definition) is 4. The fourth-order valence-electron chi connectivity index (χ4n) is 2.54. The number of nitrogens with one attached hydrogen (secondary N) is 1. The molecule has 0 radical (unpaired) electrons. The molecule has 0 aliphatic carbocycles. The lowest BCUT2D eigenvalue weighted by atomic mass is 10.1. The first-order valence-corrected chi connectivity index (χ1v) is 8.56. The van der Waals surface area contributed by atoms with Gasteiger partial charge in [-0.3, -0.25) is 19.9 Å². The summed E-state index contributed by atoms with van der Waals surface area (Å²) in [5.41, 5.74) is 2.69. The maximum atomic E-state index is 12.7. The highest BCUT2D eigenvalue weighted by atomic mass is 32.2. The van der Waals surface area contributed by atoms with E-state index in [1.165, 1.54) is 24.9 Å². The van der Waals surface area contributed by atoms with Crippen LogP contribution >= 0.6 is 11.8 Å². The molecule has 1 aromatic carbocycles. The van der Waals surface area contributed by atoms with Gasteiger partial charge in [0.15, 0.2) is 0 Å². The molecular weight excluding hydrogens is 364 g/mol. The maximum absolute atomic E-state index is 12.7. The minimum atomic E-state index is -1.18. The Balaban J connectivity index is 2.38. The van der Waals surface area contributed by atoms with Crippen LogP contribution in [-0.4, -0.2) is 57.0 Å². The number of thioether (sulfide) groups is 1. The molecule has 4 N–H and O–H groups in total. The number of phenols is 1.